The van der Waals surface area contributed by atoms with Gasteiger partial charge in [0.25, 0.3) is 0 Å². The minimum atomic E-state index is -0.562. The summed E-state index contributed by atoms with van der Waals surface area (Å²) in [6, 6.07) is 21.6. The highest BCUT2D eigenvalue weighted by atomic mass is 16.5. The average Bonchev–Trinajstić information content (AvgIpc) is 2.76. The molecule has 1 atom stereocenters. The van der Waals surface area contributed by atoms with Crippen LogP contribution in [-0.2, 0) is 11.2 Å². The van der Waals surface area contributed by atoms with Crippen LogP contribution in [0, 0.1) is 0 Å². The highest BCUT2D eigenvalue weighted by Crippen LogP contribution is 2.26. The van der Waals surface area contributed by atoms with Gasteiger partial charge in [0.05, 0.1) is 25.4 Å². The average molecular weight is 406 g/mol. The first-order chi connectivity index (χ1) is 14.6. The van der Waals surface area contributed by atoms with Gasteiger partial charge in [0, 0.05) is 0 Å². The van der Waals surface area contributed by atoms with Crippen LogP contribution < -0.4 is 21.1 Å². The third-order valence-corrected chi connectivity index (χ3v) is 4.56. The summed E-state index contributed by atoms with van der Waals surface area (Å²) in [7, 11) is 1.65. The van der Waals surface area contributed by atoms with E-state index in [2.05, 4.69) is 27.8 Å². The van der Waals surface area contributed by atoms with Crippen LogP contribution in [0.15, 0.2) is 66.7 Å². The lowest BCUT2D eigenvalue weighted by Crippen LogP contribution is -2.17. The molecule has 0 spiro atoms. The topological polar surface area (TPSA) is 98.5 Å². The minimum absolute atomic E-state index is 0.0182. The first-order valence-corrected chi connectivity index (χ1v) is 9.73. The van der Waals surface area contributed by atoms with Gasteiger partial charge in [-0.1, -0.05) is 42.5 Å². The Balaban J connectivity index is 1.79. The number of nitrogens with two attached hydrogens (primary N) is 1. The van der Waals surface area contributed by atoms with Crippen LogP contribution in [0.25, 0.3) is 0 Å². The Morgan fingerprint density at radius 3 is 2.43 bits per heavy atom. The van der Waals surface area contributed by atoms with Crippen molar-refractivity contribution in [2.24, 2.45) is 0 Å². The number of ether oxygens (including phenoxy) is 2. The van der Waals surface area contributed by atoms with E-state index in [4.69, 9.17) is 15.2 Å². The second-order valence-electron chi connectivity index (χ2n) is 6.63. The van der Waals surface area contributed by atoms with Gasteiger partial charge in [-0.2, -0.15) is 0 Å². The van der Waals surface area contributed by atoms with E-state index in [1.54, 1.807) is 26.2 Å². The van der Waals surface area contributed by atoms with Gasteiger partial charge < -0.3 is 20.5 Å². The molecule has 4 N–H and O–H groups in total. The number of anilines is 3. The monoisotopic (exact) mass is 406 g/mol. The maximum absolute atomic E-state index is 11.6. The second kappa shape index (κ2) is 10.2. The number of rotatable bonds is 8. The fraction of sp³-hybridized carbons (Fsp3) is 0.217. The number of nitrogen functional groups attached to an aromatic ring is 1. The molecule has 0 fully saturated rings. The molecule has 1 unspecified atom stereocenters. The zero-order chi connectivity index (χ0) is 21.3. The zero-order valence-corrected chi connectivity index (χ0v) is 17.1. The lowest BCUT2D eigenvalue weighted by Gasteiger charge is -2.21. The van der Waals surface area contributed by atoms with Gasteiger partial charge >= 0.3 is 6.09 Å². The Morgan fingerprint density at radius 2 is 1.80 bits per heavy atom. The summed E-state index contributed by atoms with van der Waals surface area (Å²) in [5.74, 6) is 1.65. The van der Waals surface area contributed by atoms with Crippen LogP contribution in [0.4, 0.5) is 22.1 Å². The number of nitrogens with one attached hydrogen (secondary N) is 2. The summed E-state index contributed by atoms with van der Waals surface area (Å²) < 4.78 is 10.1. The van der Waals surface area contributed by atoms with Gasteiger partial charge in [-0.25, -0.2) is 9.78 Å². The van der Waals surface area contributed by atoms with Crippen molar-refractivity contribution in [2.75, 3.05) is 30.1 Å². The van der Waals surface area contributed by atoms with Gasteiger partial charge in [0.15, 0.2) is 0 Å². The van der Waals surface area contributed by atoms with Crippen LogP contribution >= 0.6 is 0 Å². The molecule has 7 heteroatoms. The number of benzene rings is 2. The minimum Gasteiger partial charge on any atom is -0.497 e. The number of carbonyl (C=O) groups excluding carboxylic acids is 1. The molecular weight excluding hydrogens is 380 g/mol. The first-order valence-electron chi connectivity index (χ1n) is 9.73. The number of nitrogens with zero attached hydrogens (tertiary/aromatic N) is 1. The van der Waals surface area contributed by atoms with Crippen molar-refractivity contribution < 1.29 is 14.3 Å². The largest absolute Gasteiger partial charge is 0.497 e. The van der Waals surface area contributed by atoms with Crippen molar-refractivity contribution in [3.63, 3.8) is 0 Å². The van der Waals surface area contributed by atoms with Crippen molar-refractivity contribution in [2.45, 2.75) is 19.4 Å². The highest BCUT2D eigenvalue weighted by molar-refractivity contribution is 5.88. The van der Waals surface area contributed by atoms with Gasteiger partial charge in [0.1, 0.15) is 17.4 Å². The number of pyridine rings is 1. The molecule has 0 aliphatic heterocycles. The van der Waals surface area contributed by atoms with Crippen molar-refractivity contribution in [1.82, 2.24) is 4.98 Å². The van der Waals surface area contributed by atoms with E-state index in [-0.39, 0.29) is 18.5 Å². The maximum atomic E-state index is 11.6. The maximum Gasteiger partial charge on any atom is 0.411 e. The zero-order valence-electron chi connectivity index (χ0n) is 17.1. The van der Waals surface area contributed by atoms with E-state index in [9.17, 15) is 4.79 Å². The molecule has 30 heavy (non-hydrogen) atoms. The lowest BCUT2D eigenvalue weighted by molar-refractivity contribution is 0.168. The third kappa shape index (κ3) is 5.64. The molecule has 3 rings (SSSR count). The molecule has 156 valence electrons. The third-order valence-electron chi connectivity index (χ3n) is 4.56. The molecule has 1 aromatic heterocycles. The quantitative estimate of drug-likeness (QED) is 0.504. The van der Waals surface area contributed by atoms with E-state index in [1.165, 1.54) is 0 Å². The van der Waals surface area contributed by atoms with E-state index >= 15 is 0 Å². The second-order valence-corrected chi connectivity index (χ2v) is 6.63. The molecule has 0 saturated carbocycles. The molecule has 0 aliphatic rings. The van der Waals surface area contributed by atoms with E-state index < -0.39 is 6.09 Å². The molecule has 2 aromatic carbocycles. The van der Waals surface area contributed by atoms with Crippen molar-refractivity contribution in [3.8, 4) is 5.75 Å². The lowest BCUT2D eigenvalue weighted by atomic mass is 9.98. The smallest absolute Gasteiger partial charge is 0.411 e. The number of hydrogen-bond acceptors (Lipinski definition) is 6. The first kappa shape index (κ1) is 21.0. The summed E-state index contributed by atoms with van der Waals surface area (Å²) in [5, 5.41) is 6.04. The Bertz CT molecular complexity index is 962. The Kier molecular flexibility index (Phi) is 7.10. The SMILES string of the molecule is CCOC(=O)Nc1ccc(NC(Cc2ccc(OC)cc2)c2ccccc2)nc1N. The van der Waals surface area contributed by atoms with Crippen molar-refractivity contribution in [3.05, 3.63) is 77.9 Å². The highest BCUT2D eigenvalue weighted by Gasteiger charge is 2.15. The number of aromatic nitrogens is 1. The number of methoxy groups -OCH3 is 1. The summed E-state index contributed by atoms with van der Waals surface area (Å²) in [6.45, 7) is 2.02. The molecule has 1 amide bonds. The number of carbonyl (C=O) groups is 1. The molecule has 0 saturated heterocycles. The molecule has 1 heterocycles. The predicted octanol–water partition coefficient (Wildman–Crippen LogP) is 4.64. The Hall–Kier alpha value is -3.74. The number of hydrogen-bond donors (Lipinski definition) is 3. The van der Waals surface area contributed by atoms with E-state index in [0.717, 1.165) is 23.3 Å². The fourth-order valence-electron chi connectivity index (χ4n) is 3.05. The van der Waals surface area contributed by atoms with Gasteiger partial charge in [-0.3, -0.25) is 5.32 Å². The summed E-state index contributed by atoms with van der Waals surface area (Å²) in [4.78, 5) is 16.0. The summed E-state index contributed by atoms with van der Waals surface area (Å²) in [5.41, 5.74) is 8.72. The Morgan fingerprint density at radius 1 is 1.07 bits per heavy atom. The predicted molar refractivity (Wildman–Crippen MR) is 119 cm³/mol. The molecule has 3 aromatic rings. The fourth-order valence-corrected chi connectivity index (χ4v) is 3.05. The molecular formula is C23H26N4O3. The molecule has 0 bridgehead atoms. The normalized spacial score (nSPS) is 11.4. The Labute approximate surface area is 176 Å². The van der Waals surface area contributed by atoms with Gasteiger partial charge in [-0.15, -0.1) is 0 Å². The molecule has 0 radical (unpaired) electrons. The van der Waals surface area contributed by atoms with E-state index in [0.29, 0.717) is 11.5 Å². The van der Waals surface area contributed by atoms with Crippen LogP contribution in [-0.4, -0.2) is 24.8 Å². The summed E-state index contributed by atoms with van der Waals surface area (Å²) in [6.07, 6.45) is 0.187. The van der Waals surface area contributed by atoms with Crippen LogP contribution in [0.2, 0.25) is 0 Å². The number of amides is 1. The van der Waals surface area contributed by atoms with Crippen LogP contribution in [0.5, 0.6) is 5.75 Å². The van der Waals surface area contributed by atoms with Gasteiger partial charge in [0.2, 0.25) is 0 Å². The van der Waals surface area contributed by atoms with Crippen molar-refractivity contribution in [1.29, 1.82) is 0 Å². The van der Waals surface area contributed by atoms with Crippen LogP contribution in [0.1, 0.15) is 24.1 Å². The van der Waals surface area contributed by atoms with E-state index in [1.807, 2.05) is 42.5 Å². The van der Waals surface area contributed by atoms with Crippen LogP contribution in [0.3, 0.4) is 0 Å². The van der Waals surface area contributed by atoms with Gasteiger partial charge in [-0.05, 0) is 48.7 Å². The molecule has 0 aliphatic carbocycles. The standard InChI is InChI=1S/C23H26N4O3/c1-3-30-23(28)26-19-13-14-21(27-22(19)24)25-20(17-7-5-4-6-8-17)15-16-9-11-18(29-2)12-10-16/h4-14,20H,3,15H2,1-2H3,(H,26,28)(H3,24,25,27). The molecule has 7 nitrogen and oxygen atoms in total. The van der Waals surface area contributed by atoms with Crippen molar-refractivity contribution >= 4 is 23.4 Å². The summed E-state index contributed by atoms with van der Waals surface area (Å²) >= 11 is 0.